The molecule has 0 radical (unpaired) electrons. The molecule has 6 rings (SSSR count). The van der Waals surface area contributed by atoms with E-state index in [1.807, 2.05) is 22.6 Å². The van der Waals surface area contributed by atoms with Crippen LogP contribution in [0.4, 0.5) is 0 Å². The number of hydrogen-bond acceptors (Lipinski definition) is 20. The number of hydrogen-bond donors (Lipinski definition) is 18. The van der Waals surface area contributed by atoms with Crippen molar-refractivity contribution in [3.63, 3.8) is 0 Å². The summed E-state index contributed by atoms with van der Waals surface area (Å²) in [6.07, 6.45) is -7.84. The minimum absolute atomic E-state index is 0.0322. The van der Waals surface area contributed by atoms with Gasteiger partial charge in [-0.05, 0) is 90.6 Å². The van der Waals surface area contributed by atoms with E-state index in [0.29, 0.717) is 50.5 Å². The van der Waals surface area contributed by atoms with Crippen LogP contribution in [0.3, 0.4) is 0 Å². The summed E-state index contributed by atoms with van der Waals surface area (Å²) in [5.41, 5.74) is 4.94. The lowest BCUT2D eigenvalue weighted by atomic mass is 10.0. The van der Waals surface area contributed by atoms with Crippen LogP contribution in [-0.4, -0.2) is 220 Å². The van der Waals surface area contributed by atoms with Gasteiger partial charge in [-0.3, -0.25) is 38.4 Å². The number of carboxylic acid groups (broad SMARTS) is 1. The van der Waals surface area contributed by atoms with Crippen molar-refractivity contribution in [1.82, 2.24) is 47.5 Å². The molecule has 0 saturated carbocycles. The minimum Gasteiger partial charge on any atom is -0.507 e. The number of carbonyl (C=O) groups is 9. The monoisotopic (exact) mass is 1430 g/mol. The zero-order valence-corrected chi connectivity index (χ0v) is 53.7. The standard InChI is InChI=1S/C58H77IN10O18S3/c1-28(71)45-56(84)67-41(55(83)69-46(29(2)72)57(85)86)27-90-89-26-40(66-51(79)37(21-30-10-4-3-5-11-30)62-44(74)17-19-88-58-49(77)48(76)47(75)43(25-70)87-58)54(82)64-38(22-31-15-16-42(73)34(59)20-31)52(80)65-39(23-32-24-61-35-13-7-6-12-33(32)35)53(81)63-36(50(78)68-45)14-8-9-18-60/h3-7,10-13,15-16,20,24,28-29,36-41,43,45-49,58,61,70-73,75-77H,8-9,14,17-19,21-23,25-27,60H2,1-2H3,(H,62,74)(H,63,81)(H,64,82)(H,65,80)(H,66,79)(H,67,84)(H,68,78)(H,69,83)(H,85,86)/p+1/t28?,29?,36-,37?,38-,39+,40?,41-,43?,45-,46-,47+,48-,49?,58-/m0/s1. The number of quaternary nitrogens is 1. The van der Waals surface area contributed by atoms with Gasteiger partial charge in [0.1, 0.15) is 77.9 Å². The lowest BCUT2D eigenvalue weighted by Gasteiger charge is -2.39. The van der Waals surface area contributed by atoms with Crippen molar-refractivity contribution in [3.8, 4) is 5.75 Å². The van der Waals surface area contributed by atoms with Crippen LogP contribution < -0.4 is 48.3 Å². The number of benzene rings is 3. The number of aromatic nitrogens is 1. The molecule has 1 aromatic heterocycles. The number of halogens is 1. The molecule has 0 spiro atoms. The highest BCUT2D eigenvalue weighted by molar-refractivity contribution is 14.1. The Bertz CT molecular complexity index is 3120. The third-order valence-corrected chi connectivity index (χ3v) is 19.2. The van der Waals surface area contributed by atoms with Crippen LogP contribution in [0, 0.1) is 3.57 Å². The number of carboxylic acids is 1. The van der Waals surface area contributed by atoms with E-state index in [0.717, 1.165) is 40.3 Å². The molecule has 15 atom stereocenters. The van der Waals surface area contributed by atoms with Crippen molar-refractivity contribution in [2.75, 3.05) is 30.4 Å². The van der Waals surface area contributed by atoms with Gasteiger partial charge in [-0.2, -0.15) is 0 Å². The Balaban J connectivity index is 1.40. The molecule has 492 valence electrons. The summed E-state index contributed by atoms with van der Waals surface area (Å²) in [5.74, 6) is -10.2. The van der Waals surface area contributed by atoms with Crippen LogP contribution >= 0.6 is 55.9 Å². The number of unbranched alkanes of at least 4 members (excludes halogenated alkanes) is 1. The van der Waals surface area contributed by atoms with E-state index >= 15 is 9.59 Å². The fourth-order valence-corrected chi connectivity index (χ4v) is 13.7. The summed E-state index contributed by atoms with van der Waals surface area (Å²) in [6.45, 7) is 2.05. The van der Waals surface area contributed by atoms with Gasteiger partial charge in [0, 0.05) is 60.0 Å². The van der Waals surface area contributed by atoms with Crippen LogP contribution in [0.1, 0.15) is 56.2 Å². The molecule has 0 bridgehead atoms. The molecule has 3 aromatic carbocycles. The number of nitrogens with one attached hydrogen (secondary N) is 9. The molecular formula is C58H78IN10O18S3+. The van der Waals surface area contributed by atoms with Crippen molar-refractivity contribution in [2.24, 2.45) is 0 Å². The van der Waals surface area contributed by atoms with E-state index in [1.54, 1.807) is 66.9 Å². The quantitative estimate of drug-likeness (QED) is 0.0199. The largest absolute Gasteiger partial charge is 0.507 e. The highest BCUT2D eigenvalue weighted by atomic mass is 127. The average molecular weight is 1430 g/mol. The number of phenolic OH excluding ortho intramolecular Hbond substituents is 1. The number of phenols is 1. The van der Waals surface area contributed by atoms with E-state index in [-0.39, 0.29) is 43.6 Å². The summed E-state index contributed by atoms with van der Waals surface area (Å²) >= 11 is 2.79. The van der Waals surface area contributed by atoms with Crippen molar-refractivity contribution in [2.45, 2.75) is 149 Å². The summed E-state index contributed by atoms with van der Waals surface area (Å²) in [7, 11) is 1.70. The van der Waals surface area contributed by atoms with Crippen LogP contribution in [0.25, 0.3) is 10.9 Å². The Morgan fingerprint density at radius 3 is 2.09 bits per heavy atom. The number of aliphatic carboxylic acids is 1. The Hall–Kier alpha value is -6.31. The lowest BCUT2D eigenvalue weighted by Crippen LogP contribution is -2.62. The Morgan fingerprint density at radius 1 is 0.767 bits per heavy atom. The number of rotatable bonds is 23. The molecule has 4 aromatic rings. The number of ether oxygens (including phenoxy) is 1. The predicted octanol–water partition coefficient (Wildman–Crippen LogP) is -3.04. The minimum atomic E-state index is -1.88. The number of fused-ring (bicyclic) bond motifs is 1. The van der Waals surface area contributed by atoms with Gasteiger partial charge in [0.15, 0.2) is 6.04 Å². The normalized spacial score (nSPS) is 25.6. The van der Waals surface area contributed by atoms with E-state index < -0.39 is 162 Å². The second-order valence-corrected chi connectivity index (χ2v) is 26.6. The Kier molecular flexibility index (Phi) is 28.7. The van der Waals surface area contributed by atoms with Crippen LogP contribution in [0.5, 0.6) is 5.75 Å². The summed E-state index contributed by atoms with van der Waals surface area (Å²) < 4.78 is 5.94. The summed E-state index contributed by atoms with van der Waals surface area (Å²) in [6, 6.07) is 7.18. The molecule has 28 nitrogen and oxygen atoms in total. The second-order valence-electron chi connectivity index (χ2n) is 21.7. The highest BCUT2D eigenvalue weighted by Crippen LogP contribution is 2.30. The number of aromatic hydroxyl groups is 1. The molecule has 6 unspecified atom stereocenters. The number of aromatic amines is 1. The van der Waals surface area contributed by atoms with Gasteiger partial charge in [0.05, 0.1) is 28.9 Å². The first-order valence-corrected chi connectivity index (χ1v) is 33.5. The average Bonchev–Trinajstić information content (AvgIpc) is 2.51. The number of amides is 8. The maximum atomic E-state index is 15.1. The molecular weight excluding hydrogens is 1350 g/mol. The van der Waals surface area contributed by atoms with Gasteiger partial charge < -0.3 is 98.8 Å². The van der Waals surface area contributed by atoms with Crippen LogP contribution in [0.15, 0.2) is 79.0 Å². The number of H-pyrrole nitrogens is 1. The van der Waals surface area contributed by atoms with Crippen molar-refractivity contribution >= 4 is 120 Å². The second kappa shape index (κ2) is 35.5. The van der Waals surface area contributed by atoms with Crippen molar-refractivity contribution < 1.29 is 94.5 Å². The topological polar surface area (TPSA) is 464 Å². The molecule has 2 aliphatic heterocycles. The fraction of sp³-hybridized carbons (Fsp3) is 0.500. The first-order chi connectivity index (χ1) is 42.9. The number of aliphatic hydroxyl groups is 6. The molecule has 2 aliphatic rings. The van der Waals surface area contributed by atoms with Crippen LogP contribution in [-0.2, 0) is 67.2 Å². The number of carbonyl (C=O) groups excluding carboxylic acids is 8. The lowest BCUT2D eigenvalue weighted by molar-refractivity contribution is -0.368. The van der Waals surface area contributed by atoms with Crippen molar-refractivity contribution in [3.05, 3.63) is 99.3 Å². The molecule has 32 heteroatoms. The highest BCUT2D eigenvalue weighted by Gasteiger charge is 2.44. The first kappa shape index (κ1) is 72.7. The summed E-state index contributed by atoms with van der Waals surface area (Å²) in [4.78, 5) is 132. The van der Waals surface area contributed by atoms with E-state index in [1.165, 1.54) is 19.1 Å². The van der Waals surface area contributed by atoms with E-state index in [4.69, 9.17) is 4.74 Å². The van der Waals surface area contributed by atoms with E-state index in [9.17, 15) is 74.4 Å². The third-order valence-electron chi connectivity index (χ3n) is 14.8. The maximum Gasteiger partial charge on any atom is 0.328 e. The molecule has 20 N–H and O–H groups in total. The van der Waals surface area contributed by atoms with Crippen LogP contribution in [0.2, 0.25) is 0 Å². The van der Waals surface area contributed by atoms with Gasteiger partial charge in [0.2, 0.25) is 47.3 Å². The molecule has 2 fully saturated rings. The molecule has 8 amide bonds. The number of para-hydroxylation sites is 1. The maximum absolute atomic E-state index is 15.1. The molecule has 90 heavy (non-hydrogen) atoms. The Labute approximate surface area is 543 Å². The Morgan fingerprint density at radius 2 is 1.42 bits per heavy atom. The SMILES string of the molecule is CC(O)[C@H](NC(=O)[C@@H]1CSSCC(NC(=O)C(Cc2ccccc2)NC(=O)CCS[C@@H]2OC(CO)[C@@H](O)[C@H](O)C2O)C(=O)N[C@@H](Cc2ccc(O)c(I)c2)C(=O)N[C@H](Cc2c[nH]c3ccccc23)C(=O)N[C@@H](CCCC[NH3+])C(=O)N[C@@H](C(C)O)C(=O)N1)C(=O)O. The zero-order chi connectivity index (χ0) is 65.8. The summed E-state index contributed by atoms with van der Waals surface area (Å²) in [5, 5.41) is 104. The van der Waals surface area contributed by atoms with Crippen molar-refractivity contribution in [1.29, 1.82) is 0 Å². The third kappa shape index (κ3) is 21.1. The first-order valence-electron chi connectivity index (χ1n) is 28.9. The molecule has 0 aliphatic carbocycles. The van der Waals surface area contributed by atoms with Gasteiger partial charge in [-0.1, -0.05) is 76.2 Å². The zero-order valence-electron chi connectivity index (χ0n) is 49.1. The van der Waals surface area contributed by atoms with Gasteiger partial charge in [-0.15, -0.1) is 11.8 Å². The molecule has 2 saturated heterocycles. The van der Waals surface area contributed by atoms with Gasteiger partial charge in [-0.25, -0.2) is 4.79 Å². The number of aliphatic hydroxyl groups excluding tert-OH is 6. The molecule has 3 heterocycles. The number of thioether (sulfide) groups is 1. The van der Waals surface area contributed by atoms with Gasteiger partial charge in [0.25, 0.3) is 0 Å². The smallest absolute Gasteiger partial charge is 0.328 e. The fourth-order valence-electron chi connectivity index (χ4n) is 9.70. The van der Waals surface area contributed by atoms with Gasteiger partial charge >= 0.3 is 5.97 Å². The predicted molar refractivity (Wildman–Crippen MR) is 340 cm³/mol. The van der Waals surface area contributed by atoms with E-state index in [2.05, 4.69) is 53.3 Å².